The van der Waals surface area contributed by atoms with Crippen LogP contribution in [0, 0.1) is 5.41 Å². The molecule has 3 nitrogen and oxygen atoms in total. The molecule has 1 saturated carbocycles. The van der Waals surface area contributed by atoms with Crippen molar-refractivity contribution in [3.63, 3.8) is 0 Å². The van der Waals surface area contributed by atoms with Gasteiger partial charge in [0.2, 0.25) is 0 Å². The summed E-state index contributed by atoms with van der Waals surface area (Å²) in [5, 5.41) is 0.723. The fraction of sp³-hybridized carbons (Fsp3) is 0.636. The lowest BCUT2D eigenvalue weighted by Gasteiger charge is -2.25. The number of nitrogens with zero attached hydrogens (tertiary/aromatic N) is 1. The minimum absolute atomic E-state index is 0.0798. The molecule has 1 aromatic heterocycles. The number of thiol groups is 1. The fourth-order valence-electron chi connectivity index (χ4n) is 2.12. The van der Waals surface area contributed by atoms with Gasteiger partial charge in [0.15, 0.2) is 5.16 Å². The topological polar surface area (TPSA) is 45.8 Å². The van der Waals surface area contributed by atoms with E-state index in [1.165, 1.54) is 31.7 Å². The van der Waals surface area contributed by atoms with Gasteiger partial charge in [-0.3, -0.25) is 4.79 Å². The Balaban J connectivity index is 1.98. The van der Waals surface area contributed by atoms with E-state index in [2.05, 4.69) is 22.6 Å². The number of nitrogens with one attached hydrogen (secondary N) is 1. The summed E-state index contributed by atoms with van der Waals surface area (Å²) in [6, 6.07) is 1.44. The molecule has 16 heavy (non-hydrogen) atoms. The van der Waals surface area contributed by atoms with Crippen molar-refractivity contribution >= 4 is 24.4 Å². The first-order valence-corrected chi connectivity index (χ1v) is 7.15. The monoisotopic (exact) mass is 256 g/mol. The van der Waals surface area contributed by atoms with Crippen LogP contribution in [0.25, 0.3) is 0 Å². The molecular weight excluding hydrogens is 240 g/mol. The molecule has 0 atom stereocenters. The summed E-state index contributed by atoms with van der Waals surface area (Å²) in [7, 11) is 0. The zero-order valence-electron chi connectivity index (χ0n) is 9.11. The maximum Gasteiger partial charge on any atom is 0.251 e. The lowest BCUT2D eigenvalue weighted by molar-refractivity contribution is 0.403. The van der Waals surface area contributed by atoms with Crippen LogP contribution in [-0.2, 0) is 0 Å². The van der Waals surface area contributed by atoms with E-state index in [-0.39, 0.29) is 5.56 Å². The van der Waals surface area contributed by atoms with Crippen molar-refractivity contribution in [2.75, 3.05) is 11.5 Å². The third kappa shape index (κ3) is 2.83. The predicted octanol–water partition coefficient (Wildman–Crippen LogP) is 2.35. The van der Waals surface area contributed by atoms with E-state index >= 15 is 0 Å². The van der Waals surface area contributed by atoms with Gasteiger partial charge in [-0.05, 0) is 24.0 Å². The molecule has 88 valence electrons. The zero-order valence-corrected chi connectivity index (χ0v) is 10.8. The number of rotatable bonds is 4. The maximum absolute atomic E-state index is 11.1. The molecule has 5 heteroatoms. The Hall–Kier alpha value is -0.420. The first kappa shape index (κ1) is 12.0. The molecule has 1 aromatic rings. The van der Waals surface area contributed by atoms with Crippen molar-refractivity contribution in [1.82, 2.24) is 9.97 Å². The van der Waals surface area contributed by atoms with Crippen LogP contribution in [0.2, 0.25) is 0 Å². The number of aromatic nitrogens is 2. The van der Waals surface area contributed by atoms with Crippen molar-refractivity contribution < 1.29 is 0 Å². The molecule has 0 saturated heterocycles. The van der Waals surface area contributed by atoms with Crippen LogP contribution in [-0.4, -0.2) is 21.5 Å². The Morgan fingerprint density at radius 1 is 1.50 bits per heavy atom. The molecule has 0 unspecified atom stereocenters. The highest BCUT2D eigenvalue weighted by Gasteiger charge is 2.32. The van der Waals surface area contributed by atoms with E-state index in [1.807, 2.05) is 0 Å². The van der Waals surface area contributed by atoms with Gasteiger partial charge in [0.25, 0.3) is 5.56 Å². The molecule has 0 radical (unpaired) electrons. The van der Waals surface area contributed by atoms with Gasteiger partial charge in [0, 0.05) is 18.0 Å². The van der Waals surface area contributed by atoms with E-state index in [0.29, 0.717) is 5.41 Å². The molecule has 1 N–H and O–H groups in total. The summed E-state index contributed by atoms with van der Waals surface area (Å²) >= 11 is 6.10. The number of thioether (sulfide) groups is 1. The second kappa shape index (κ2) is 5.27. The van der Waals surface area contributed by atoms with Gasteiger partial charge in [-0.1, -0.05) is 24.6 Å². The van der Waals surface area contributed by atoms with E-state index in [0.717, 1.165) is 16.7 Å². The van der Waals surface area contributed by atoms with E-state index in [4.69, 9.17) is 0 Å². The summed E-state index contributed by atoms with van der Waals surface area (Å²) in [5.41, 5.74) is 0.270. The molecule has 1 heterocycles. The average Bonchev–Trinajstić information content (AvgIpc) is 2.76. The van der Waals surface area contributed by atoms with Crippen LogP contribution in [0.4, 0.5) is 0 Å². The summed E-state index contributed by atoms with van der Waals surface area (Å²) in [6.07, 6.45) is 6.67. The van der Waals surface area contributed by atoms with Crippen LogP contribution in [0.1, 0.15) is 25.7 Å². The zero-order chi connectivity index (χ0) is 11.4. The van der Waals surface area contributed by atoms with Crippen LogP contribution in [0.3, 0.4) is 0 Å². The Kier molecular flexibility index (Phi) is 3.97. The molecule has 1 aliphatic carbocycles. The Labute approximate surface area is 105 Å². The second-order valence-corrected chi connectivity index (χ2v) is 5.67. The summed E-state index contributed by atoms with van der Waals surface area (Å²) in [6.45, 7) is 0. The maximum atomic E-state index is 11.1. The smallest absolute Gasteiger partial charge is 0.251 e. The molecule has 0 spiro atoms. The number of H-pyrrole nitrogens is 1. The standard InChI is InChI=1S/C11H16N2OS2/c14-9-3-6-12-10(13-9)16-8-11(7-15)4-1-2-5-11/h3,6,15H,1-2,4-5,7-8H2,(H,12,13,14). The van der Waals surface area contributed by atoms with Gasteiger partial charge >= 0.3 is 0 Å². The highest BCUT2D eigenvalue weighted by molar-refractivity contribution is 7.99. The SMILES string of the molecule is O=c1ccnc(SCC2(CS)CCCC2)[nH]1. The summed E-state index contributed by atoms with van der Waals surface area (Å²) < 4.78 is 0. The molecule has 0 aromatic carbocycles. The lowest BCUT2D eigenvalue weighted by Crippen LogP contribution is -2.22. The predicted molar refractivity (Wildman–Crippen MR) is 70.3 cm³/mol. The van der Waals surface area contributed by atoms with Crippen LogP contribution in [0.5, 0.6) is 0 Å². The van der Waals surface area contributed by atoms with Gasteiger partial charge in [-0.15, -0.1) is 0 Å². The van der Waals surface area contributed by atoms with Gasteiger partial charge in [0.05, 0.1) is 0 Å². The normalized spacial score (nSPS) is 18.8. The van der Waals surface area contributed by atoms with Crippen molar-refractivity contribution in [3.8, 4) is 0 Å². The van der Waals surface area contributed by atoms with Crippen LogP contribution >= 0.6 is 24.4 Å². The molecule has 2 rings (SSSR count). The first-order valence-electron chi connectivity index (χ1n) is 5.53. The minimum atomic E-state index is -0.0798. The number of hydrogen-bond donors (Lipinski definition) is 2. The van der Waals surface area contributed by atoms with Crippen LogP contribution in [0.15, 0.2) is 22.2 Å². The highest BCUT2D eigenvalue weighted by atomic mass is 32.2. The third-order valence-electron chi connectivity index (χ3n) is 3.16. The van der Waals surface area contributed by atoms with Gasteiger partial charge in [-0.25, -0.2) is 4.98 Å². The van der Waals surface area contributed by atoms with E-state index in [1.54, 1.807) is 18.0 Å². The van der Waals surface area contributed by atoms with Crippen molar-refractivity contribution in [1.29, 1.82) is 0 Å². The quantitative estimate of drug-likeness (QED) is 0.494. The first-order chi connectivity index (χ1) is 7.74. The number of aromatic amines is 1. The number of hydrogen-bond acceptors (Lipinski definition) is 4. The highest BCUT2D eigenvalue weighted by Crippen LogP contribution is 2.42. The molecule has 1 aliphatic rings. The Morgan fingerprint density at radius 3 is 2.88 bits per heavy atom. The van der Waals surface area contributed by atoms with Gasteiger partial charge in [-0.2, -0.15) is 12.6 Å². The molecule has 1 fully saturated rings. The largest absolute Gasteiger partial charge is 0.301 e. The molecule has 0 bridgehead atoms. The summed E-state index contributed by atoms with van der Waals surface area (Å²) in [5.74, 6) is 1.93. The second-order valence-electron chi connectivity index (χ2n) is 4.39. The van der Waals surface area contributed by atoms with Crippen LogP contribution < -0.4 is 5.56 Å². The Bertz CT molecular complexity index is 399. The van der Waals surface area contributed by atoms with E-state index < -0.39 is 0 Å². The molecular formula is C11H16N2OS2. The van der Waals surface area contributed by atoms with Crippen molar-refractivity contribution in [2.45, 2.75) is 30.8 Å². The molecule has 0 aliphatic heterocycles. The fourth-order valence-corrected chi connectivity index (χ4v) is 3.84. The third-order valence-corrected chi connectivity index (χ3v) is 5.07. The minimum Gasteiger partial charge on any atom is -0.301 e. The lowest BCUT2D eigenvalue weighted by atomic mass is 9.91. The molecule has 0 amide bonds. The van der Waals surface area contributed by atoms with Gasteiger partial charge in [0.1, 0.15) is 0 Å². The van der Waals surface area contributed by atoms with Gasteiger partial charge < -0.3 is 4.98 Å². The van der Waals surface area contributed by atoms with Crippen molar-refractivity contribution in [2.24, 2.45) is 5.41 Å². The Morgan fingerprint density at radius 2 is 2.25 bits per heavy atom. The average molecular weight is 256 g/mol. The van der Waals surface area contributed by atoms with E-state index in [9.17, 15) is 4.79 Å². The summed E-state index contributed by atoms with van der Waals surface area (Å²) in [4.78, 5) is 18.0. The van der Waals surface area contributed by atoms with Crippen molar-refractivity contribution in [3.05, 3.63) is 22.6 Å².